The van der Waals surface area contributed by atoms with Gasteiger partial charge in [-0.15, -0.1) is 11.3 Å². The molecule has 0 bridgehead atoms. The highest BCUT2D eigenvalue weighted by Crippen LogP contribution is 2.22. The highest BCUT2D eigenvalue weighted by atomic mass is 79.9. The minimum absolute atomic E-state index is 0.223. The molecule has 0 aliphatic heterocycles. The molecule has 0 radical (unpaired) electrons. The van der Waals surface area contributed by atoms with E-state index in [1.807, 2.05) is 12.1 Å². The van der Waals surface area contributed by atoms with Crippen molar-refractivity contribution in [2.24, 2.45) is 0 Å². The summed E-state index contributed by atoms with van der Waals surface area (Å²) in [6.45, 7) is 2.93. The van der Waals surface area contributed by atoms with Crippen molar-refractivity contribution >= 4 is 27.3 Å². The van der Waals surface area contributed by atoms with Crippen LogP contribution in [-0.4, -0.2) is 5.11 Å². The first kappa shape index (κ1) is 12.6. The van der Waals surface area contributed by atoms with Crippen LogP contribution < -0.4 is 5.32 Å². The van der Waals surface area contributed by atoms with E-state index in [0.717, 1.165) is 15.9 Å². The van der Waals surface area contributed by atoms with Gasteiger partial charge in [-0.1, -0.05) is 12.1 Å². The summed E-state index contributed by atoms with van der Waals surface area (Å²) >= 11 is 5.14. The molecule has 17 heavy (non-hydrogen) atoms. The number of phenols is 1. The Bertz CT molecular complexity index is 498. The highest BCUT2D eigenvalue weighted by molar-refractivity contribution is 9.11. The Morgan fingerprint density at radius 2 is 2.24 bits per heavy atom. The molecule has 0 saturated heterocycles. The molecule has 1 aromatic heterocycles. The normalized spacial score (nSPS) is 12.6. The van der Waals surface area contributed by atoms with E-state index in [4.69, 9.17) is 0 Å². The fraction of sp³-hybridized carbons (Fsp3) is 0.231. The molecule has 2 nitrogen and oxygen atoms in total. The minimum Gasteiger partial charge on any atom is -0.508 e. The topological polar surface area (TPSA) is 32.3 Å². The molecule has 2 rings (SSSR count). The number of nitrogens with one attached hydrogen (secondary N) is 1. The Balaban J connectivity index is 1.95. The molecule has 0 amide bonds. The van der Waals surface area contributed by atoms with Gasteiger partial charge >= 0.3 is 0 Å². The summed E-state index contributed by atoms with van der Waals surface area (Å²) in [6, 6.07) is 9.70. The fourth-order valence-electron chi connectivity index (χ4n) is 1.62. The van der Waals surface area contributed by atoms with E-state index in [1.54, 1.807) is 23.5 Å². The maximum atomic E-state index is 9.42. The number of hydrogen-bond acceptors (Lipinski definition) is 3. The average molecular weight is 312 g/mol. The summed E-state index contributed by atoms with van der Waals surface area (Å²) in [5, 5.41) is 15.0. The lowest BCUT2D eigenvalue weighted by Crippen LogP contribution is -2.17. The number of halogens is 1. The van der Waals surface area contributed by atoms with Crippen molar-refractivity contribution in [3.63, 3.8) is 0 Å². The van der Waals surface area contributed by atoms with Crippen LogP contribution in [0.2, 0.25) is 0 Å². The summed E-state index contributed by atoms with van der Waals surface area (Å²) in [5.74, 6) is 0.314. The zero-order valence-electron chi connectivity index (χ0n) is 9.48. The van der Waals surface area contributed by atoms with E-state index in [1.165, 1.54) is 5.56 Å². The van der Waals surface area contributed by atoms with Crippen LogP contribution in [0.15, 0.2) is 39.5 Å². The Morgan fingerprint density at radius 1 is 1.41 bits per heavy atom. The van der Waals surface area contributed by atoms with Gasteiger partial charge in [0, 0.05) is 12.6 Å². The van der Waals surface area contributed by atoms with Gasteiger partial charge in [-0.2, -0.15) is 0 Å². The zero-order chi connectivity index (χ0) is 12.3. The molecular weight excluding hydrogens is 298 g/mol. The number of benzene rings is 1. The summed E-state index contributed by atoms with van der Waals surface area (Å²) in [4.78, 5) is 0. The summed E-state index contributed by atoms with van der Waals surface area (Å²) in [6.07, 6.45) is 0. The van der Waals surface area contributed by atoms with Crippen LogP contribution in [0.5, 0.6) is 5.75 Å². The highest BCUT2D eigenvalue weighted by Gasteiger charge is 2.06. The molecule has 0 fully saturated rings. The van der Waals surface area contributed by atoms with Crippen molar-refractivity contribution in [3.05, 3.63) is 50.6 Å². The quantitative estimate of drug-likeness (QED) is 0.892. The summed E-state index contributed by atoms with van der Waals surface area (Å²) < 4.78 is 1.15. The fourth-order valence-corrected chi connectivity index (χ4v) is 2.83. The molecular formula is C13H14BrNOS. The van der Waals surface area contributed by atoms with Crippen LogP contribution in [0.1, 0.15) is 24.1 Å². The lowest BCUT2D eigenvalue weighted by atomic mass is 10.1. The van der Waals surface area contributed by atoms with E-state index in [0.29, 0.717) is 5.75 Å². The van der Waals surface area contributed by atoms with Crippen LogP contribution in [0.25, 0.3) is 0 Å². The lowest BCUT2D eigenvalue weighted by Gasteiger charge is -2.13. The first-order chi connectivity index (χ1) is 8.15. The van der Waals surface area contributed by atoms with Crippen LogP contribution >= 0.6 is 27.3 Å². The number of hydrogen-bond donors (Lipinski definition) is 2. The van der Waals surface area contributed by atoms with Crippen LogP contribution in [0, 0.1) is 0 Å². The van der Waals surface area contributed by atoms with Crippen molar-refractivity contribution in [3.8, 4) is 5.75 Å². The monoisotopic (exact) mass is 311 g/mol. The molecule has 0 spiro atoms. The van der Waals surface area contributed by atoms with Crippen molar-refractivity contribution < 1.29 is 5.11 Å². The molecule has 1 unspecified atom stereocenters. The maximum absolute atomic E-state index is 9.42. The molecule has 4 heteroatoms. The standard InChI is InChI=1S/C13H14BrNOS/c1-9(11-3-2-4-12(16)6-11)15-7-10-5-13(14)17-8-10/h2-6,8-9,15-16H,7H2,1H3. The molecule has 0 aliphatic carbocycles. The third-order valence-corrected chi connectivity index (χ3v) is 4.16. The van der Waals surface area contributed by atoms with E-state index in [9.17, 15) is 5.11 Å². The van der Waals surface area contributed by atoms with Crippen LogP contribution in [-0.2, 0) is 6.54 Å². The molecule has 90 valence electrons. The van der Waals surface area contributed by atoms with E-state index < -0.39 is 0 Å². The number of thiophene rings is 1. The van der Waals surface area contributed by atoms with E-state index in [-0.39, 0.29) is 6.04 Å². The number of phenolic OH excluding ortho intramolecular Hbond substituents is 1. The van der Waals surface area contributed by atoms with Crippen molar-refractivity contribution in [2.45, 2.75) is 19.5 Å². The van der Waals surface area contributed by atoms with Gasteiger partial charge in [0.15, 0.2) is 0 Å². The predicted molar refractivity (Wildman–Crippen MR) is 75.4 cm³/mol. The first-order valence-corrected chi connectivity index (χ1v) is 7.07. The third kappa shape index (κ3) is 3.56. The largest absolute Gasteiger partial charge is 0.508 e. The Labute approximate surface area is 113 Å². The van der Waals surface area contributed by atoms with Gasteiger partial charge in [0.05, 0.1) is 3.79 Å². The second kappa shape index (κ2) is 5.67. The molecule has 1 heterocycles. The predicted octanol–water partition coefficient (Wildman–Crippen LogP) is 4.07. The lowest BCUT2D eigenvalue weighted by molar-refractivity contribution is 0.472. The SMILES string of the molecule is CC(NCc1csc(Br)c1)c1cccc(O)c1. The van der Waals surface area contributed by atoms with Crippen molar-refractivity contribution in [2.75, 3.05) is 0 Å². The van der Waals surface area contributed by atoms with Crippen molar-refractivity contribution in [1.82, 2.24) is 5.32 Å². The molecule has 1 atom stereocenters. The summed E-state index contributed by atoms with van der Waals surface area (Å²) in [7, 11) is 0. The van der Waals surface area contributed by atoms with Gasteiger partial charge in [0.1, 0.15) is 5.75 Å². The molecule has 2 aromatic rings. The molecule has 2 N–H and O–H groups in total. The average Bonchev–Trinajstić information content (AvgIpc) is 2.72. The van der Waals surface area contributed by atoms with Crippen LogP contribution in [0.3, 0.4) is 0 Å². The Hall–Kier alpha value is -0.840. The van der Waals surface area contributed by atoms with Gasteiger partial charge in [-0.25, -0.2) is 0 Å². The number of rotatable bonds is 4. The third-order valence-electron chi connectivity index (χ3n) is 2.60. The summed E-state index contributed by atoms with van der Waals surface area (Å²) in [5.41, 5.74) is 2.37. The van der Waals surface area contributed by atoms with E-state index in [2.05, 4.69) is 39.6 Å². The van der Waals surface area contributed by atoms with Gasteiger partial charge < -0.3 is 10.4 Å². The molecule has 0 aliphatic rings. The zero-order valence-corrected chi connectivity index (χ0v) is 11.9. The number of aromatic hydroxyl groups is 1. The van der Waals surface area contributed by atoms with Crippen LogP contribution in [0.4, 0.5) is 0 Å². The van der Waals surface area contributed by atoms with Gasteiger partial charge in [-0.05, 0) is 57.6 Å². The Morgan fingerprint density at radius 3 is 2.88 bits per heavy atom. The maximum Gasteiger partial charge on any atom is 0.115 e. The molecule has 1 aromatic carbocycles. The van der Waals surface area contributed by atoms with Gasteiger partial charge in [0.2, 0.25) is 0 Å². The van der Waals surface area contributed by atoms with Gasteiger partial charge in [-0.3, -0.25) is 0 Å². The second-order valence-electron chi connectivity index (χ2n) is 3.96. The van der Waals surface area contributed by atoms with E-state index >= 15 is 0 Å². The smallest absolute Gasteiger partial charge is 0.115 e. The van der Waals surface area contributed by atoms with Crippen molar-refractivity contribution in [1.29, 1.82) is 0 Å². The van der Waals surface area contributed by atoms with Gasteiger partial charge in [0.25, 0.3) is 0 Å². The molecule has 0 saturated carbocycles. The second-order valence-corrected chi connectivity index (χ2v) is 6.25. The Kier molecular flexibility index (Phi) is 4.20. The first-order valence-electron chi connectivity index (χ1n) is 5.40. The minimum atomic E-state index is 0.223.